The number of hydrogen-bond acceptors (Lipinski definition) is 4. The lowest BCUT2D eigenvalue weighted by atomic mass is 10.1. The molecule has 0 radical (unpaired) electrons. The first-order valence-electron chi connectivity index (χ1n) is 6.56. The van der Waals surface area contributed by atoms with Gasteiger partial charge in [0, 0.05) is 26.2 Å². The quantitative estimate of drug-likeness (QED) is 0.629. The monoisotopic (exact) mass is 260 g/mol. The second kappa shape index (κ2) is 7.87. The Kier molecular flexibility index (Phi) is 6.80. The van der Waals surface area contributed by atoms with Crippen LogP contribution in [0.2, 0.25) is 0 Å². The molecule has 17 heavy (non-hydrogen) atoms. The lowest BCUT2D eigenvalue weighted by Gasteiger charge is -2.29. The summed E-state index contributed by atoms with van der Waals surface area (Å²) in [6.07, 6.45) is 6.56. The highest BCUT2D eigenvalue weighted by Crippen LogP contribution is 2.24. The van der Waals surface area contributed by atoms with E-state index in [0.717, 1.165) is 18.6 Å². The molecule has 0 aromatic rings. The summed E-state index contributed by atoms with van der Waals surface area (Å²) in [6, 6.07) is 0. The summed E-state index contributed by atoms with van der Waals surface area (Å²) in [5, 5.41) is 0. The van der Waals surface area contributed by atoms with E-state index in [1.54, 1.807) is 0 Å². The predicted octanol–water partition coefficient (Wildman–Crippen LogP) is 3.01. The smallest absolute Gasteiger partial charge is 0.484 e. The number of hydrogen-bond donors (Lipinski definition) is 0. The molecule has 0 amide bonds. The largest absolute Gasteiger partial charge is 0.749 e. The Morgan fingerprint density at radius 2 is 1.59 bits per heavy atom. The maximum atomic E-state index is 5.93. The fraction of sp³-hybridized carbons (Fsp3) is 0.833. The van der Waals surface area contributed by atoms with Gasteiger partial charge in [0.15, 0.2) is 0 Å². The van der Waals surface area contributed by atoms with Crippen LogP contribution in [0.25, 0.3) is 0 Å². The lowest BCUT2D eigenvalue weighted by Crippen LogP contribution is -2.49. The van der Waals surface area contributed by atoms with Crippen molar-refractivity contribution in [1.29, 1.82) is 0 Å². The molecule has 1 rings (SSSR count). The fourth-order valence-electron chi connectivity index (χ4n) is 1.81. The van der Waals surface area contributed by atoms with Gasteiger partial charge in [0.2, 0.25) is 0 Å². The van der Waals surface area contributed by atoms with Crippen molar-refractivity contribution in [2.24, 2.45) is 0 Å². The predicted molar refractivity (Wildman–Crippen MR) is 68.3 cm³/mol. The molecule has 0 spiro atoms. The molecule has 5 heteroatoms. The molecule has 4 nitrogen and oxygen atoms in total. The van der Waals surface area contributed by atoms with E-state index in [1.165, 1.54) is 12.8 Å². The van der Waals surface area contributed by atoms with E-state index < -0.39 is 9.05 Å². The van der Waals surface area contributed by atoms with E-state index in [4.69, 9.17) is 17.7 Å². The van der Waals surface area contributed by atoms with E-state index in [0.29, 0.717) is 19.8 Å². The summed E-state index contributed by atoms with van der Waals surface area (Å²) >= 11 is 0. The third-order valence-corrected chi connectivity index (χ3v) is 4.91. The van der Waals surface area contributed by atoms with Crippen LogP contribution < -0.4 is 0 Å². The van der Waals surface area contributed by atoms with Gasteiger partial charge < -0.3 is 17.7 Å². The van der Waals surface area contributed by atoms with Gasteiger partial charge in [0.25, 0.3) is 0 Å². The summed E-state index contributed by atoms with van der Waals surface area (Å²) in [6.45, 7) is 7.41. The standard InChI is InChI=1S/C12H24O4Si/c1-4-13-17(14-5-2,15-6-3)16-12-10-8-7-9-11-12/h10H,4-9,11H2,1-3H3. The highest BCUT2D eigenvalue weighted by atomic mass is 28.4. The molecule has 0 aromatic heterocycles. The van der Waals surface area contributed by atoms with Crippen molar-refractivity contribution in [1.82, 2.24) is 0 Å². The van der Waals surface area contributed by atoms with Crippen molar-refractivity contribution >= 4 is 9.05 Å². The first kappa shape index (κ1) is 14.7. The number of allylic oxidation sites excluding steroid dienone is 2. The topological polar surface area (TPSA) is 36.9 Å². The molecule has 0 aliphatic heterocycles. The van der Waals surface area contributed by atoms with Crippen LogP contribution in [0.3, 0.4) is 0 Å². The zero-order valence-electron chi connectivity index (χ0n) is 11.2. The van der Waals surface area contributed by atoms with E-state index >= 15 is 0 Å². The summed E-state index contributed by atoms with van der Waals surface area (Å²) in [4.78, 5) is 0. The second-order valence-corrected chi connectivity index (χ2v) is 5.89. The highest BCUT2D eigenvalue weighted by Gasteiger charge is 2.48. The Morgan fingerprint density at radius 1 is 1.00 bits per heavy atom. The SMILES string of the molecule is CCO[Si](OCC)(OCC)OC1=CCCCC1. The van der Waals surface area contributed by atoms with E-state index in [2.05, 4.69) is 6.08 Å². The van der Waals surface area contributed by atoms with Crippen LogP contribution >= 0.6 is 0 Å². The maximum absolute atomic E-state index is 5.93. The maximum Gasteiger partial charge on any atom is 0.749 e. The molecular formula is C12H24O4Si. The average Bonchev–Trinajstić information content (AvgIpc) is 2.31. The van der Waals surface area contributed by atoms with Gasteiger partial charge in [-0.15, -0.1) is 0 Å². The summed E-state index contributed by atoms with van der Waals surface area (Å²) in [7, 11) is -2.95. The van der Waals surface area contributed by atoms with E-state index in [-0.39, 0.29) is 0 Å². The molecule has 0 atom stereocenters. The minimum absolute atomic E-state index is 0.541. The summed E-state index contributed by atoms with van der Waals surface area (Å²) in [5.41, 5.74) is 0. The minimum Gasteiger partial charge on any atom is -0.484 e. The molecule has 1 aliphatic rings. The second-order valence-electron chi connectivity index (χ2n) is 3.82. The Bertz CT molecular complexity index is 226. The zero-order valence-corrected chi connectivity index (χ0v) is 12.2. The molecule has 0 N–H and O–H groups in total. The van der Waals surface area contributed by atoms with Crippen LogP contribution in [-0.2, 0) is 17.7 Å². The van der Waals surface area contributed by atoms with Gasteiger partial charge in [0.1, 0.15) is 0 Å². The molecule has 0 heterocycles. The zero-order chi connectivity index (χ0) is 12.6. The van der Waals surface area contributed by atoms with Crippen LogP contribution in [-0.4, -0.2) is 28.9 Å². The van der Waals surface area contributed by atoms with Crippen molar-refractivity contribution in [3.63, 3.8) is 0 Å². The van der Waals surface area contributed by atoms with E-state index in [9.17, 15) is 0 Å². The lowest BCUT2D eigenvalue weighted by molar-refractivity contribution is -0.0122. The van der Waals surface area contributed by atoms with Crippen molar-refractivity contribution < 1.29 is 17.7 Å². The fourth-order valence-corrected chi connectivity index (χ4v) is 3.80. The van der Waals surface area contributed by atoms with Gasteiger partial charge in [-0.2, -0.15) is 0 Å². The van der Waals surface area contributed by atoms with Crippen LogP contribution in [0.15, 0.2) is 11.8 Å². The van der Waals surface area contributed by atoms with Crippen molar-refractivity contribution in [2.75, 3.05) is 19.8 Å². The average molecular weight is 260 g/mol. The van der Waals surface area contributed by atoms with Crippen molar-refractivity contribution in [2.45, 2.75) is 46.5 Å². The first-order chi connectivity index (χ1) is 8.26. The molecule has 0 fully saturated rings. The van der Waals surface area contributed by atoms with Gasteiger partial charge in [0.05, 0.1) is 5.76 Å². The van der Waals surface area contributed by atoms with Crippen LogP contribution in [0.1, 0.15) is 46.5 Å². The van der Waals surface area contributed by atoms with Gasteiger partial charge in [-0.25, -0.2) is 0 Å². The van der Waals surface area contributed by atoms with E-state index in [1.807, 2.05) is 20.8 Å². The Morgan fingerprint density at radius 3 is 2.00 bits per heavy atom. The van der Waals surface area contributed by atoms with Gasteiger partial charge >= 0.3 is 9.05 Å². The van der Waals surface area contributed by atoms with Crippen LogP contribution in [0.4, 0.5) is 0 Å². The normalized spacial score (nSPS) is 16.8. The first-order valence-corrected chi connectivity index (χ1v) is 8.19. The third-order valence-electron chi connectivity index (χ3n) is 2.47. The Labute approximate surface area is 105 Å². The molecule has 0 bridgehead atoms. The van der Waals surface area contributed by atoms with Crippen LogP contribution in [0.5, 0.6) is 0 Å². The highest BCUT2D eigenvalue weighted by molar-refractivity contribution is 6.53. The molecule has 0 aromatic carbocycles. The van der Waals surface area contributed by atoms with Crippen molar-refractivity contribution in [3.05, 3.63) is 11.8 Å². The van der Waals surface area contributed by atoms with Gasteiger partial charge in [-0.1, -0.05) is 0 Å². The number of rotatable bonds is 8. The summed E-state index contributed by atoms with van der Waals surface area (Å²) in [5.74, 6) is 0.971. The van der Waals surface area contributed by atoms with Crippen LogP contribution in [0, 0.1) is 0 Å². The minimum atomic E-state index is -2.95. The molecule has 100 valence electrons. The Balaban J connectivity index is 2.67. The molecule has 1 aliphatic carbocycles. The van der Waals surface area contributed by atoms with Crippen molar-refractivity contribution in [3.8, 4) is 0 Å². The molecule has 0 unspecified atom stereocenters. The Hall–Kier alpha value is -0.363. The molecule has 0 saturated heterocycles. The molecular weight excluding hydrogens is 236 g/mol. The van der Waals surface area contributed by atoms with Gasteiger partial charge in [-0.3, -0.25) is 0 Å². The molecule has 0 saturated carbocycles. The van der Waals surface area contributed by atoms with Gasteiger partial charge in [-0.05, 0) is 46.1 Å². The summed E-state index contributed by atoms with van der Waals surface area (Å²) < 4.78 is 22.9. The third kappa shape index (κ3) is 4.79.